The van der Waals surface area contributed by atoms with E-state index >= 15 is 0 Å². The van der Waals surface area contributed by atoms with Crippen molar-refractivity contribution in [1.29, 1.82) is 0 Å². The highest BCUT2D eigenvalue weighted by atomic mass is 32.2. The maximum atomic E-state index is 11.8. The molecule has 0 saturated heterocycles. The van der Waals surface area contributed by atoms with Gasteiger partial charge in [0.05, 0.1) is 5.25 Å². The van der Waals surface area contributed by atoms with E-state index in [0.717, 1.165) is 38.0 Å². The van der Waals surface area contributed by atoms with Gasteiger partial charge in [0.2, 0.25) is 0 Å². The van der Waals surface area contributed by atoms with Crippen LogP contribution in [0.3, 0.4) is 0 Å². The van der Waals surface area contributed by atoms with Crippen molar-refractivity contribution in [2.45, 2.75) is 81.9 Å². The lowest BCUT2D eigenvalue weighted by molar-refractivity contribution is 0.228. The standard InChI is InChI=1S/C16H32N2O2S/c1-21(19,20)15-10-6-9-14(12-15)16(18-17)11-13-7-4-2-3-5-8-13/h13-16,18H,2-12,17H2,1H3. The molecule has 0 aromatic rings. The van der Waals surface area contributed by atoms with Crippen molar-refractivity contribution in [1.82, 2.24) is 5.43 Å². The van der Waals surface area contributed by atoms with Gasteiger partial charge in [-0.1, -0.05) is 44.9 Å². The zero-order chi connectivity index (χ0) is 15.3. The maximum Gasteiger partial charge on any atom is 0.150 e. The maximum absolute atomic E-state index is 11.8. The molecule has 2 rings (SSSR count). The summed E-state index contributed by atoms with van der Waals surface area (Å²) in [6.45, 7) is 0. The van der Waals surface area contributed by atoms with Gasteiger partial charge >= 0.3 is 0 Å². The molecular weight excluding hydrogens is 284 g/mol. The van der Waals surface area contributed by atoms with Gasteiger partial charge < -0.3 is 0 Å². The van der Waals surface area contributed by atoms with Gasteiger partial charge in [-0.2, -0.15) is 0 Å². The van der Waals surface area contributed by atoms with Crippen LogP contribution in [0.1, 0.15) is 70.6 Å². The third-order valence-electron chi connectivity index (χ3n) is 5.62. The summed E-state index contributed by atoms with van der Waals surface area (Å²) in [5, 5.41) is -0.152. The van der Waals surface area contributed by atoms with Gasteiger partial charge in [-0.05, 0) is 37.5 Å². The first-order valence-electron chi connectivity index (χ1n) is 8.65. The average Bonchev–Trinajstić information content (AvgIpc) is 2.72. The van der Waals surface area contributed by atoms with Crippen molar-refractivity contribution in [3.05, 3.63) is 0 Å². The topological polar surface area (TPSA) is 72.2 Å². The van der Waals surface area contributed by atoms with Gasteiger partial charge in [-0.15, -0.1) is 0 Å². The highest BCUT2D eigenvalue weighted by molar-refractivity contribution is 7.91. The smallest absolute Gasteiger partial charge is 0.150 e. The molecule has 5 heteroatoms. The molecule has 0 aromatic heterocycles. The Morgan fingerprint density at radius 3 is 2.29 bits per heavy atom. The Morgan fingerprint density at radius 1 is 1.05 bits per heavy atom. The van der Waals surface area contributed by atoms with E-state index in [9.17, 15) is 8.42 Å². The van der Waals surface area contributed by atoms with E-state index in [0.29, 0.717) is 5.92 Å². The SMILES string of the molecule is CS(=O)(=O)C1CCCC(C(CC2CCCCCC2)NN)C1. The molecule has 0 bridgehead atoms. The van der Waals surface area contributed by atoms with Crippen molar-refractivity contribution >= 4 is 9.84 Å². The largest absolute Gasteiger partial charge is 0.271 e. The lowest BCUT2D eigenvalue weighted by Crippen LogP contribution is -2.45. The lowest BCUT2D eigenvalue weighted by atomic mass is 9.79. The Hall–Kier alpha value is -0.130. The van der Waals surface area contributed by atoms with E-state index < -0.39 is 9.84 Å². The number of rotatable bonds is 5. The number of hydrazine groups is 1. The monoisotopic (exact) mass is 316 g/mol. The first-order valence-corrected chi connectivity index (χ1v) is 10.6. The van der Waals surface area contributed by atoms with Gasteiger partial charge in [0.15, 0.2) is 0 Å². The highest BCUT2D eigenvalue weighted by Crippen LogP contribution is 2.34. The van der Waals surface area contributed by atoms with Crippen LogP contribution in [0.15, 0.2) is 0 Å². The van der Waals surface area contributed by atoms with Crippen molar-refractivity contribution < 1.29 is 8.42 Å². The van der Waals surface area contributed by atoms with Gasteiger partial charge in [-0.25, -0.2) is 8.42 Å². The summed E-state index contributed by atoms with van der Waals surface area (Å²) in [6, 6.07) is 0.289. The van der Waals surface area contributed by atoms with E-state index in [1.54, 1.807) is 0 Å². The molecule has 0 heterocycles. The lowest BCUT2D eigenvalue weighted by Gasteiger charge is -2.35. The molecule has 0 spiro atoms. The fraction of sp³-hybridized carbons (Fsp3) is 1.00. The van der Waals surface area contributed by atoms with E-state index in [1.165, 1.54) is 44.8 Å². The number of sulfone groups is 1. The van der Waals surface area contributed by atoms with Crippen LogP contribution in [-0.4, -0.2) is 26.0 Å². The van der Waals surface area contributed by atoms with Gasteiger partial charge in [0.1, 0.15) is 9.84 Å². The van der Waals surface area contributed by atoms with Gasteiger partial charge in [-0.3, -0.25) is 11.3 Å². The fourth-order valence-electron chi connectivity index (χ4n) is 4.29. The molecule has 0 aliphatic heterocycles. The second-order valence-electron chi connectivity index (χ2n) is 7.24. The summed E-state index contributed by atoms with van der Waals surface area (Å²) >= 11 is 0. The zero-order valence-electron chi connectivity index (χ0n) is 13.4. The van der Waals surface area contributed by atoms with Crippen molar-refractivity contribution in [3.63, 3.8) is 0 Å². The molecule has 3 unspecified atom stereocenters. The summed E-state index contributed by atoms with van der Waals surface area (Å²) < 4.78 is 23.7. The number of nitrogens with one attached hydrogen (secondary N) is 1. The van der Waals surface area contributed by atoms with Crippen LogP contribution in [0.4, 0.5) is 0 Å². The van der Waals surface area contributed by atoms with Crippen molar-refractivity contribution in [2.24, 2.45) is 17.7 Å². The molecule has 2 saturated carbocycles. The number of nitrogens with two attached hydrogens (primary N) is 1. The molecule has 124 valence electrons. The number of hydrogen-bond acceptors (Lipinski definition) is 4. The van der Waals surface area contributed by atoms with E-state index in [1.807, 2.05) is 0 Å². The Labute approximate surface area is 130 Å². The van der Waals surface area contributed by atoms with Crippen LogP contribution in [-0.2, 0) is 9.84 Å². The van der Waals surface area contributed by atoms with Crippen LogP contribution in [0.25, 0.3) is 0 Å². The average molecular weight is 317 g/mol. The molecule has 2 aliphatic carbocycles. The molecule has 0 radical (unpaired) electrons. The normalized spacial score (nSPS) is 30.8. The van der Waals surface area contributed by atoms with Crippen molar-refractivity contribution in [2.75, 3.05) is 6.26 Å². The summed E-state index contributed by atoms with van der Waals surface area (Å²) in [5.41, 5.74) is 3.02. The zero-order valence-corrected chi connectivity index (χ0v) is 14.2. The Bertz CT molecular complexity index is 403. The minimum atomic E-state index is -2.91. The molecule has 3 atom stereocenters. The summed E-state index contributed by atoms with van der Waals surface area (Å²) in [4.78, 5) is 0. The van der Waals surface area contributed by atoms with Gasteiger partial charge in [0, 0.05) is 12.3 Å². The second-order valence-corrected chi connectivity index (χ2v) is 9.57. The van der Waals surface area contributed by atoms with E-state index in [4.69, 9.17) is 5.84 Å². The van der Waals surface area contributed by atoms with Crippen LogP contribution in [0.2, 0.25) is 0 Å². The molecule has 4 nitrogen and oxygen atoms in total. The Kier molecular flexibility index (Phi) is 6.51. The predicted molar refractivity (Wildman–Crippen MR) is 87.5 cm³/mol. The van der Waals surface area contributed by atoms with E-state index in [2.05, 4.69) is 5.43 Å². The summed E-state index contributed by atoms with van der Waals surface area (Å²) in [5.74, 6) is 7.01. The Balaban J connectivity index is 1.93. The number of hydrogen-bond donors (Lipinski definition) is 2. The fourth-order valence-corrected chi connectivity index (χ4v) is 5.48. The highest BCUT2D eigenvalue weighted by Gasteiger charge is 2.33. The molecule has 3 N–H and O–H groups in total. The molecular formula is C16H32N2O2S. The van der Waals surface area contributed by atoms with Crippen LogP contribution in [0, 0.1) is 11.8 Å². The van der Waals surface area contributed by atoms with Crippen molar-refractivity contribution in [3.8, 4) is 0 Å². The molecule has 2 fully saturated rings. The minimum absolute atomic E-state index is 0.152. The second kappa shape index (κ2) is 7.93. The minimum Gasteiger partial charge on any atom is -0.271 e. The predicted octanol–water partition coefficient (Wildman–Crippen LogP) is 2.78. The molecule has 21 heavy (non-hydrogen) atoms. The van der Waals surface area contributed by atoms with Crippen LogP contribution in [0.5, 0.6) is 0 Å². The molecule has 0 amide bonds. The third kappa shape index (κ3) is 5.22. The van der Waals surface area contributed by atoms with Gasteiger partial charge in [0.25, 0.3) is 0 Å². The third-order valence-corrected chi connectivity index (χ3v) is 7.26. The summed E-state index contributed by atoms with van der Waals surface area (Å²) in [7, 11) is -2.91. The molecule has 2 aliphatic rings. The first kappa shape index (κ1) is 17.2. The quantitative estimate of drug-likeness (QED) is 0.465. The van der Waals surface area contributed by atoms with E-state index in [-0.39, 0.29) is 11.3 Å². The molecule has 0 aromatic carbocycles. The van der Waals surface area contributed by atoms with Crippen LogP contribution < -0.4 is 11.3 Å². The first-order chi connectivity index (χ1) is 10.0. The van der Waals surface area contributed by atoms with Crippen LogP contribution >= 0.6 is 0 Å². The summed E-state index contributed by atoms with van der Waals surface area (Å²) in [6.07, 6.45) is 14.3. The Morgan fingerprint density at radius 2 is 1.71 bits per heavy atom.